The molecule has 4 aliphatic heterocycles. The highest BCUT2D eigenvalue weighted by molar-refractivity contribution is 5.20. The lowest BCUT2D eigenvalue weighted by Gasteiger charge is -2.71. The topological polar surface area (TPSA) is 377 Å². The van der Waals surface area contributed by atoms with E-state index in [0.29, 0.717) is 38.5 Å². The first-order valence-corrected chi connectivity index (χ1v) is 27.9. The standard InChI is InChI=1S/C54H92O23/c1-23(2)10-9-14-54(8,77-48-44(69)40(65)37(62)29(74-48)22-70-46-42(67)38(63)34(59)26(19-55)71-46)24-11-16-53(7)33(24)25(58)18-31-51(5)15-13-32(50(3,4)30(51)12-17-52(31,53)6)75-49-45(41(66)36(61)28(21-57)73-49)76-47-43(68)39(64)35(60)27(20-56)72-47/h10,24-49,55-69H,9,11-22H2,1-8H3/t24-,25+,26+,27+,28+,29+,30-,31+,32-,33-,34+,35+,36+,37+,38-,39-,40-,41-,42+,43+,44+,45+,46+,47-,48-,49-,51-,52+,53+,54?/m0/s1. The Bertz CT molecular complexity index is 1990. The SMILES string of the molecule is CC(C)=CCCC(C)(O[C@@H]1O[C@H](CO[C@@H]2O[C@H](CO)[C@@H](O)[C@H](O)[C@H]2O)[C@@H](O)[C@H](O)[C@H]1O)[C@H]1CC[C@]2(C)[C@@H]1[C@H](O)C[C@@H]1[C@@]3(C)CC[C@H](O[C@@H]4O[C@H](CO)[C@@H](O)[C@H](O)[C@H]4O[C@@H]4O[C@H](CO)[C@@H](O)[C@H](O)[C@H]4O)C(C)(C)[C@@H]3CC[C@]12C. The number of aliphatic hydroxyl groups is 15. The van der Waals surface area contributed by atoms with Gasteiger partial charge in [-0.3, -0.25) is 0 Å². The molecule has 0 amide bonds. The van der Waals surface area contributed by atoms with Gasteiger partial charge in [-0.25, -0.2) is 0 Å². The van der Waals surface area contributed by atoms with Crippen LogP contribution in [0.2, 0.25) is 0 Å². The Balaban J connectivity index is 1.01. The fourth-order valence-corrected chi connectivity index (χ4v) is 16.3. The fraction of sp³-hybridized carbons (Fsp3) is 0.963. The van der Waals surface area contributed by atoms with E-state index in [0.717, 1.165) is 24.8 Å². The molecule has 23 nitrogen and oxygen atoms in total. The molecule has 1 unspecified atom stereocenters. The van der Waals surface area contributed by atoms with Crippen LogP contribution in [0.1, 0.15) is 113 Å². The van der Waals surface area contributed by atoms with Gasteiger partial charge in [0, 0.05) is 0 Å². The third kappa shape index (κ3) is 10.9. The number of ether oxygens (including phenoxy) is 8. The van der Waals surface area contributed by atoms with Crippen LogP contribution in [0.3, 0.4) is 0 Å². The highest BCUT2D eigenvalue weighted by Gasteiger charge is 2.72. The Kier molecular flexibility index (Phi) is 18.9. The lowest BCUT2D eigenvalue weighted by molar-refractivity contribution is -0.378. The second-order valence-corrected chi connectivity index (χ2v) is 25.7. The van der Waals surface area contributed by atoms with Crippen molar-refractivity contribution in [3.63, 3.8) is 0 Å². The molecule has 4 aliphatic carbocycles. The fourth-order valence-electron chi connectivity index (χ4n) is 16.3. The van der Waals surface area contributed by atoms with E-state index in [1.807, 2.05) is 20.8 Å². The molecule has 0 spiro atoms. The van der Waals surface area contributed by atoms with E-state index >= 15 is 0 Å². The van der Waals surface area contributed by atoms with E-state index in [1.54, 1.807) is 0 Å². The highest BCUT2D eigenvalue weighted by atomic mass is 16.8. The van der Waals surface area contributed by atoms with Crippen LogP contribution < -0.4 is 0 Å². The van der Waals surface area contributed by atoms with Crippen molar-refractivity contribution >= 4 is 0 Å². The molecule has 77 heavy (non-hydrogen) atoms. The average Bonchev–Trinajstić information content (AvgIpc) is 3.96. The van der Waals surface area contributed by atoms with Crippen molar-refractivity contribution in [1.82, 2.24) is 0 Å². The largest absolute Gasteiger partial charge is 0.394 e. The van der Waals surface area contributed by atoms with E-state index in [4.69, 9.17) is 37.9 Å². The van der Waals surface area contributed by atoms with Crippen LogP contribution in [-0.4, -0.2) is 244 Å². The van der Waals surface area contributed by atoms with Crippen molar-refractivity contribution in [2.75, 3.05) is 26.4 Å². The van der Waals surface area contributed by atoms with Gasteiger partial charge in [-0.2, -0.15) is 0 Å². The molecule has 4 saturated carbocycles. The molecule has 8 aliphatic rings. The molecule has 4 saturated heterocycles. The van der Waals surface area contributed by atoms with Gasteiger partial charge in [0.15, 0.2) is 25.2 Å². The van der Waals surface area contributed by atoms with Gasteiger partial charge >= 0.3 is 0 Å². The number of aliphatic hydroxyl groups excluding tert-OH is 15. The first-order chi connectivity index (χ1) is 36.0. The summed E-state index contributed by atoms with van der Waals surface area (Å²) in [6, 6.07) is 0. The van der Waals surface area contributed by atoms with Crippen molar-refractivity contribution in [2.24, 2.45) is 45.3 Å². The van der Waals surface area contributed by atoms with Crippen LogP contribution in [0.25, 0.3) is 0 Å². The smallest absolute Gasteiger partial charge is 0.187 e. The van der Waals surface area contributed by atoms with Gasteiger partial charge in [-0.05, 0) is 124 Å². The van der Waals surface area contributed by atoms with Crippen molar-refractivity contribution in [1.29, 1.82) is 0 Å². The summed E-state index contributed by atoms with van der Waals surface area (Å²) in [5, 5.41) is 162. The Morgan fingerprint density at radius 1 is 0.545 bits per heavy atom. The van der Waals surface area contributed by atoms with Gasteiger partial charge in [0.05, 0.1) is 44.2 Å². The molecule has 0 bridgehead atoms. The van der Waals surface area contributed by atoms with Gasteiger partial charge in [0.2, 0.25) is 0 Å². The van der Waals surface area contributed by atoms with E-state index in [-0.39, 0.29) is 34.5 Å². The third-order valence-electron chi connectivity index (χ3n) is 20.9. The minimum Gasteiger partial charge on any atom is -0.394 e. The van der Waals surface area contributed by atoms with Crippen LogP contribution in [0, 0.1) is 45.3 Å². The molecule has 30 atom stereocenters. The highest BCUT2D eigenvalue weighted by Crippen LogP contribution is 2.76. The summed E-state index contributed by atoms with van der Waals surface area (Å²) >= 11 is 0. The molecule has 0 aromatic carbocycles. The monoisotopic (exact) mass is 1110 g/mol. The molecular formula is C54H92O23. The van der Waals surface area contributed by atoms with E-state index in [2.05, 4.69) is 40.7 Å². The molecule has 446 valence electrons. The first kappa shape index (κ1) is 61.9. The average molecular weight is 1110 g/mol. The molecule has 0 aromatic heterocycles. The van der Waals surface area contributed by atoms with Crippen molar-refractivity contribution in [2.45, 2.75) is 254 Å². The Hall–Kier alpha value is -1.18. The summed E-state index contributed by atoms with van der Waals surface area (Å²) in [5.74, 6) is -0.475. The normalized spacial score (nSPS) is 52.7. The maximum Gasteiger partial charge on any atom is 0.187 e. The molecule has 8 fully saturated rings. The van der Waals surface area contributed by atoms with E-state index < -0.39 is 178 Å². The van der Waals surface area contributed by atoms with Gasteiger partial charge in [0.25, 0.3) is 0 Å². The van der Waals surface area contributed by atoms with Crippen LogP contribution in [-0.2, 0) is 37.9 Å². The van der Waals surface area contributed by atoms with Gasteiger partial charge in [-0.15, -0.1) is 0 Å². The van der Waals surface area contributed by atoms with Gasteiger partial charge in [0.1, 0.15) is 97.7 Å². The zero-order valence-corrected chi connectivity index (χ0v) is 45.8. The summed E-state index contributed by atoms with van der Waals surface area (Å²) in [5.41, 5.74) is -1.59. The molecule has 4 heterocycles. The van der Waals surface area contributed by atoms with E-state index in [9.17, 15) is 76.6 Å². The zero-order chi connectivity index (χ0) is 56.6. The maximum absolute atomic E-state index is 12.8. The maximum atomic E-state index is 12.8. The summed E-state index contributed by atoms with van der Waals surface area (Å²) in [4.78, 5) is 0. The minimum atomic E-state index is -1.82. The summed E-state index contributed by atoms with van der Waals surface area (Å²) in [7, 11) is 0. The second-order valence-electron chi connectivity index (χ2n) is 25.7. The van der Waals surface area contributed by atoms with Gasteiger partial charge in [-0.1, -0.05) is 46.3 Å². The van der Waals surface area contributed by atoms with Crippen molar-refractivity contribution < 1.29 is 114 Å². The number of hydrogen-bond donors (Lipinski definition) is 15. The predicted molar refractivity (Wildman–Crippen MR) is 266 cm³/mol. The van der Waals surface area contributed by atoms with Crippen LogP contribution in [0.15, 0.2) is 11.6 Å². The number of hydrogen-bond acceptors (Lipinski definition) is 23. The number of rotatable bonds is 16. The summed E-state index contributed by atoms with van der Waals surface area (Å²) in [6.07, 6.45) is -25.2. The Morgan fingerprint density at radius 3 is 1.64 bits per heavy atom. The zero-order valence-electron chi connectivity index (χ0n) is 45.8. The second kappa shape index (κ2) is 23.5. The lowest BCUT2D eigenvalue weighted by Crippen LogP contribution is -2.68. The quantitative estimate of drug-likeness (QED) is 0.0576. The molecule has 8 rings (SSSR count). The summed E-state index contributed by atoms with van der Waals surface area (Å²) < 4.78 is 48.9. The van der Waals surface area contributed by atoms with E-state index in [1.165, 1.54) is 0 Å². The Morgan fingerprint density at radius 2 is 1.05 bits per heavy atom. The predicted octanol–water partition coefficient (Wildman–Crippen LogP) is -2.20. The Labute approximate surface area is 450 Å². The molecular weight excluding hydrogens is 1020 g/mol. The first-order valence-electron chi connectivity index (χ1n) is 27.9. The van der Waals surface area contributed by atoms with Crippen molar-refractivity contribution in [3.05, 3.63) is 11.6 Å². The summed E-state index contributed by atoms with van der Waals surface area (Å²) in [6.45, 7) is 14.6. The molecule has 23 heteroatoms. The van der Waals surface area contributed by atoms with Gasteiger partial charge < -0.3 is 114 Å². The molecule has 15 N–H and O–H groups in total. The van der Waals surface area contributed by atoms with Crippen molar-refractivity contribution in [3.8, 4) is 0 Å². The minimum absolute atomic E-state index is 0.0374. The van der Waals surface area contributed by atoms with Crippen LogP contribution in [0.4, 0.5) is 0 Å². The lowest BCUT2D eigenvalue weighted by atomic mass is 9.35. The van der Waals surface area contributed by atoms with Crippen LogP contribution in [0.5, 0.6) is 0 Å². The molecule has 0 aromatic rings. The third-order valence-corrected chi connectivity index (χ3v) is 20.9. The number of allylic oxidation sites excluding steroid dienone is 2. The number of fused-ring (bicyclic) bond motifs is 5. The molecule has 0 radical (unpaired) electrons. The van der Waals surface area contributed by atoms with Crippen LogP contribution >= 0.6 is 0 Å².